The first kappa shape index (κ1) is 26.5. The molecule has 216 valence electrons. The topological polar surface area (TPSA) is 43.6 Å². The Hall–Kier alpha value is -5.91. The SMILES string of the molecule is c1ccc(-c2cc(-c3ccc(-c4ccc5sc6ccccc6c5c4)cc3)nc(-n3c(-c4ccccc4)nc4ccccc43)n2)cc1. The summed E-state index contributed by atoms with van der Waals surface area (Å²) < 4.78 is 4.71. The van der Waals surface area contributed by atoms with E-state index in [1.807, 2.05) is 65.9 Å². The van der Waals surface area contributed by atoms with Crippen molar-refractivity contribution in [1.82, 2.24) is 19.5 Å². The standard InChI is InChI=1S/C41H26N4S/c1-3-11-28(12-4-1)35-26-36(44-41(43-35)45-37-17-9-8-16-34(37)42-40(45)30-13-5-2-6-14-30)29-21-19-27(20-22-29)31-23-24-39-33(25-31)32-15-7-10-18-38(32)46-39/h1-26H. The minimum Gasteiger partial charge on any atom is -0.260 e. The number of nitrogens with zero attached hydrogens (tertiary/aromatic N) is 4. The van der Waals surface area contributed by atoms with Crippen molar-refractivity contribution in [3.8, 4) is 51.0 Å². The van der Waals surface area contributed by atoms with E-state index in [9.17, 15) is 0 Å². The number of aromatic nitrogens is 4. The maximum absolute atomic E-state index is 5.19. The molecule has 6 aromatic carbocycles. The van der Waals surface area contributed by atoms with Gasteiger partial charge in [-0.25, -0.2) is 15.0 Å². The van der Waals surface area contributed by atoms with Crippen LogP contribution in [0.5, 0.6) is 0 Å². The molecule has 46 heavy (non-hydrogen) atoms. The Morgan fingerprint density at radius 3 is 1.78 bits per heavy atom. The third-order valence-corrected chi connectivity index (χ3v) is 9.62. The number of hydrogen-bond acceptors (Lipinski definition) is 4. The Morgan fingerprint density at radius 1 is 0.413 bits per heavy atom. The van der Waals surface area contributed by atoms with E-state index in [0.29, 0.717) is 5.95 Å². The van der Waals surface area contributed by atoms with E-state index < -0.39 is 0 Å². The van der Waals surface area contributed by atoms with Crippen LogP contribution in [0.1, 0.15) is 0 Å². The van der Waals surface area contributed by atoms with Crippen molar-refractivity contribution in [2.45, 2.75) is 0 Å². The van der Waals surface area contributed by atoms with Crippen molar-refractivity contribution in [2.24, 2.45) is 0 Å². The van der Waals surface area contributed by atoms with Gasteiger partial charge in [-0.05, 0) is 47.5 Å². The molecule has 0 bridgehead atoms. The van der Waals surface area contributed by atoms with Crippen molar-refractivity contribution in [2.75, 3.05) is 0 Å². The molecule has 0 saturated heterocycles. The molecule has 4 nitrogen and oxygen atoms in total. The highest BCUT2D eigenvalue weighted by atomic mass is 32.1. The van der Waals surface area contributed by atoms with Gasteiger partial charge in [0.25, 0.3) is 0 Å². The smallest absolute Gasteiger partial charge is 0.237 e. The van der Waals surface area contributed by atoms with Crippen LogP contribution in [0.3, 0.4) is 0 Å². The van der Waals surface area contributed by atoms with Gasteiger partial charge >= 0.3 is 0 Å². The van der Waals surface area contributed by atoms with E-state index in [1.165, 1.54) is 31.3 Å². The number of fused-ring (bicyclic) bond motifs is 4. The lowest BCUT2D eigenvalue weighted by atomic mass is 10.0. The van der Waals surface area contributed by atoms with E-state index in [1.54, 1.807) is 0 Å². The van der Waals surface area contributed by atoms with Gasteiger partial charge < -0.3 is 0 Å². The summed E-state index contributed by atoms with van der Waals surface area (Å²) >= 11 is 1.84. The average Bonchev–Trinajstić information content (AvgIpc) is 3.71. The summed E-state index contributed by atoms with van der Waals surface area (Å²) in [7, 11) is 0. The molecule has 0 amide bonds. The highest BCUT2D eigenvalue weighted by Crippen LogP contribution is 2.37. The summed E-state index contributed by atoms with van der Waals surface area (Å²) in [6.45, 7) is 0. The second-order valence-corrected chi connectivity index (χ2v) is 12.4. The molecule has 9 aromatic rings. The van der Waals surface area contributed by atoms with Gasteiger partial charge in [0.05, 0.1) is 22.4 Å². The minimum absolute atomic E-state index is 0.586. The van der Waals surface area contributed by atoms with E-state index >= 15 is 0 Å². The van der Waals surface area contributed by atoms with Gasteiger partial charge in [-0.2, -0.15) is 0 Å². The third kappa shape index (κ3) is 4.57. The average molecular weight is 607 g/mol. The lowest BCUT2D eigenvalue weighted by molar-refractivity contribution is 0.962. The van der Waals surface area contributed by atoms with Crippen molar-refractivity contribution in [1.29, 1.82) is 0 Å². The zero-order valence-electron chi connectivity index (χ0n) is 24.7. The number of thiophene rings is 1. The third-order valence-electron chi connectivity index (χ3n) is 8.47. The molecule has 0 fully saturated rings. The maximum atomic E-state index is 5.19. The van der Waals surface area contributed by atoms with Gasteiger partial charge in [-0.15, -0.1) is 11.3 Å². The molecule has 0 aliphatic rings. The van der Waals surface area contributed by atoms with E-state index in [0.717, 1.165) is 44.9 Å². The summed E-state index contributed by atoms with van der Waals surface area (Å²) in [5.74, 6) is 1.40. The predicted octanol–water partition coefficient (Wildman–Crippen LogP) is 10.9. The lowest BCUT2D eigenvalue weighted by Gasteiger charge is -2.13. The van der Waals surface area contributed by atoms with Crippen LogP contribution in [-0.2, 0) is 0 Å². The molecule has 9 rings (SSSR count). The highest BCUT2D eigenvalue weighted by molar-refractivity contribution is 7.25. The zero-order valence-corrected chi connectivity index (χ0v) is 25.5. The molecule has 0 saturated carbocycles. The van der Waals surface area contributed by atoms with Crippen LogP contribution in [0.2, 0.25) is 0 Å². The van der Waals surface area contributed by atoms with Crippen LogP contribution in [0.4, 0.5) is 0 Å². The Morgan fingerprint density at radius 2 is 1.00 bits per heavy atom. The van der Waals surface area contributed by atoms with Gasteiger partial charge in [-0.1, -0.05) is 121 Å². The second-order valence-electron chi connectivity index (χ2n) is 11.3. The molecule has 5 heteroatoms. The molecule has 0 N–H and O–H groups in total. The molecule has 3 heterocycles. The quantitative estimate of drug-likeness (QED) is 0.196. The largest absolute Gasteiger partial charge is 0.260 e. The second kappa shape index (κ2) is 10.9. The number of para-hydroxylation sites is 2. The summed E-state index contributed by atoms with van der Waals surface area (Å²) in [6, 6.07) is 54.9. The van der Waals surface area contributed by atoms with Crippen molar-refractivity contribution in [3.63, 3.8) is 0 Å². The van der Waals surface area contributed by atoms with Gasteiger partial charge in [0.15, 0.2) is 0 Å². The number of imidazole rings is 1. The molecule has 0 aliphatic carbocycles. The first-order chi connectivity index (χ1) is 22.8. The van der Waals surface area contributed by atoms with Crippen LogP contribution >= 0.6 is 11.3 Å². The fourth-order valence-electron chi connectivity index (χ4n) is 6.19. The van der Waals surface area contributed by atoms with Gasteiger partial charge in [0, 0.05) is 36.9 Å². The van der Waals surface area contributed by atoms with E-state index in [2.05, 4.69) is 108 Å². The molecule has 0 aliphatic heterocycles. The summed E-state index contributed by atoms with van der Waals surface area (Å²) in [6.07, 6.45) is 0. The maximum Gasteiger partial charge on any atom is 0.237 e. The van der Waals surface area contributed by atoms with Gasteiger partial charge in [0.2, 0.25) is 5.95 Å². The highest BCUT2D eigenvalue weighted by Gasteiger charge is 2.18. The fourth-order valence-corrected chi connectivity index (χ4v) is 7.27. The first-order valence-electron chi connectivity index (χ1n) is 15.3. The first-order valence-corrected chi connectivity index (χ1v) is 16.1. The monoisotopic (exact) mass is 606 g/mol. The Bertz CT molecular complexity index is 2510. The molecule has 3 aromatic heterocycles. The summed E-state index contributed by atoms with van der Waals surface area (Å²) in [4.78, 5) is 15.4. The molecular formula is C41H26N4S. The Balaban J connectivity index is 1.19. The normalized spacial score (nSPS) is 11.5. The van der Waals surface area contributed by atoms with Crippen LogP contribution in [0.25, 0.3) is 82.2 Å². The number of hydrogen-bond donors (Lipinski definition) is 0. The molecule has 0 atom stereocenters. The summed E-state index contributed by atoms with van der Waals surface area (Å²) in [5.41, 5.74) is 9.01. The lowest BCUT2D eigenvalue weighted by Crippen LogP contribution is -2.05. The summed E-state index contributed by atoms with van der Waals surface area (Å²) in [5, 5.41) is 2.61. The number of rotatable bonds is 5. The van der Waals surface area contributed by atoms with Crippen LogP contribution < -0.4 is 0 Å². The van der Waals surface area contributed by atoms with E-state index in [-0.39, 0.29) is 0 Å². The van der Waals surface area contributed by atoms with Crippen LogP contribution in [0, 0.1) is 0 Å². The predicted molar refractivity (Wildman–Crippen MR) is 191 cm³/mol. The van der Waals surface area contributed by atoms with Crippen molar-refractivity contribution in [3.05, 3.63) is 158 Å². The Labute approximate surface area is 269 Å². The van der Waals surface area contributed by atoms with E-state index in [4.69, 9.17) is 15.0 Å². The zero-order chi connectivity index (χ0) is 30.5. The van der Waals surface area contributed by atoms with Crippen molar-refractivity contribution >= 4 is 42.5 Å². The van der Waals surface area contributed by atoms with Gasteiger partial charge in [-0.3, -0.25) is 4.57 Å². The Kier molecular flexibility index (Phi) is 6.28. The molecular weight excluding hydrogens is 581 g/mol. The molecule has 0 radical (unpaired) electrons. The molecule has 0 spiro atoms. The van der Waals surface area contributed by atoms with Crippen LogP contribution in [-0.4, -0.2) is 19.5 Å². The van der Waals surface area contributed by atoms with Gasteiger partial charge in [0.1, 0.15) is 5.82 Å². The fraction of sp³-hybridized carbons (Fsp3) is 0. The van der Waals surface area contributed by atoms with Crippen LogP contribution in [0.15, 0.2) is 158 Å². The number of benzene rings is 6. The minimum atomic E-state index is 0.586. The van der Waals surface area contributed by atoms with Crippen molar-refractivity contribution < 1.29 is 0 Å². The molecule has 0 unspecified atom stereocenters.